The third kappa shape index (κ3) is 10.9. The molecule has 4 aromatic rings. The maximum Gasteiger partial charge on any atom is 0.411 e. The average molecular weight is 713 g/mol. The van der Waals surface area contributed by atoms with Crippen LogP contribution in [0.5, 0.6) is 0 Å². The smallest absolute Gasteiger partial charge is 0.411 e. The molecule has 0 radical (unpaired) electrons. The van der Waals surface area contributed by atoms with E-state index >= 15 is 0 Å². The monoisotopic (exact) mass is 712 g/mol. The first-order valence-electron chi connectivity index (χ1n) is 17.2. The highest BCUT2D eigenvalue weighted by Gasteiger charge is 2.34. The Morgan fingerprint density at radius 2 is 1.50 bits per heavy atom. The van der Waals surface area contributed by atoms with E-state index in [1.54, 1.807) is 49.4 Å². The second-order valence-electron chi connectivity index (χ2n) is 12.6. The Labute approximate surface area is 300 Å². The third-order valence-electron chi connectivity index (χ3n) is 8.74. The maximum absolute atomic E-state index is 13.7. The molecular formula is C38H44N6O8. The van der Waals surface area contributed by atoms with Gasteiger partial charge in [-0.15, -0.1) is 0 Å². The van der Waals surface area contributed by atoms with E-state index in [9.17, 15) is 24.0 Å². The predicted octanol–water partition coefficient (Wildman–Crippen LogP) is 4.31. The molecule has 1 saturated heterocycles. The van der Waals surface area contributed by atoms with E-state index in [1.165, 1.54) is 6.07 Å². The first kappa shape index (κ1) is 37.5. The Bertz CT molecular complexity index is 1890. The molecule has 0 aliphatic carbocycles. The molecule has 0 spiro atoms. The summed E-state index contributed by atoms with van der Waals surface area (Å²) in [5.41, 5.74) is 8.73. The molecule has 1 aliphatic rings. The number of fused-ring (bicyclic) bond motifs is 1. The van der Waals surface area contributed by atoms with Gasteiger partial charge in [-0.05, 0) is 99.1 Å². The number of nitrogens with two attached hydrogens (primary N) is 1. The van der Waals surface area contributed by atoms with Crippen molar-refractivity contribution in [2.24, 2.45) is 11.7 Å². The number of benzene rings is 3. The second kappa shape index (κ2) is 18.5. The fraction of sp³-hybridized carbons (Fsp3) is 0.342. The summed E-state index contributed by atoms with van der Waals surface area (Å²) >= 11 is 0. The quantitative estimate of drug-likeness (QED) is 0.102. The van der Waals surface area contributed by atoms with Crippen LogP contribution in [-0.4, -0.2) is 55.7 Å². The normalized spacial score (nSPS) is 14.1. The highest BCUT2D eigenvalue weighted by Crippen LogP contribution is 2.22. The highest BCUT2D eigenvalue weighted by molar-refractivity contribution is 5.98. The third-order valence-corrected chi connectivity index (χ3v) is 8.74. The van der Waals surface area contributed by atoms with Crippen LogP contribution < -0.4 is 37.9 Å². The van der Waals surface area contributed by atoms with Gasteiger partial charge in [0.15, 0.2) is 0 Å². The van der Waals surface area contributed by atoms with Crippen molar-refractivity contribution in [3.05, 3.63) is 106 Å². The number of nitrogens with one attached hydrogen (secondary N) is 5. The lowest BCUT2D eigenvalue weighted by molar-refractivity contribution is -0.129. The van der Waals surface area contributed by atoms with Crippen molar-refractivity contribution in [1.82, 2.24) is 16.0 Å². The zero-order valence-corrected chi connectivity index (χ0v) is 28.9. The van der Waals surface area contributed by atoms with E-state index < -0.39 is 41.7 Å². The van der Waals surface area contributed by atoms with Gasteiger partial charge in [0.25, 0.3) is 0 Å². The van der Waals surface area contributed by atoms with E-state index in [0.717, 1.165) is 16.5 Å². The standard InChI is InChI=1S/C38H44N6O8/c1-24-20-33(45)52-32-21-29(13-14-30(24)32)42-37(48)50-23-26-9-11-28(12-10-26)41-35(46)31(8-5-17-39)43-36(47)34(27-15-18-40-19-16-27)44-38(49)51-22-25-6-3-2-4-7-25/h2-4,6-7,9-14,20-21,27,31,34,40H,5,8,15-19,22-23,39H2,1H3,(H,41,46)(H,42,48)(H,43,47)(H,44,49)/t31?,34-/m0/s1. The molecule has 1 aromatic heterocycles. The fourth-order valence-corrected chi connectivity index (χ4v) is 5.94. The molecule has 0 saturated carbocycles. The fourth-order valence-electron chi connectivity index (χ4n) is 5.94. The zero-order valence-electron chi connectivity index (χ0n) is 28.9. The molecule has 52 heavy (non-hydrogen) atoms. The first-order valence-corrected chi connectivity index (χ1v) is 17.2. The van der Waals surface area contributed by atoms with E-state index in [1.807, 2.05) is 30.3 Å². The molecule has 14 nitrogen and oxygen atoms in total. The Balaban J connectivity index is 1.15. The molecule has 1 fully saturated rings. The number of amides is 4. The van der Waals surface area contributed by atoms with Gasteiger partial charge in [-0.25, -0.2) is 14.4 Å². The number of carbonyl (C=O) groups excluding carboxylic acids is 4. The lowest BCUT2D eigenvalue weighted by Crippen LogP contribution is -2.56. The maximum atomic E-state index is 13.7. The van der Waals surface area contributed by atoms with Crippen molar-refractivity contribution in [1.29, 1.82) is 0 Å². The van der Waals surface area contributed by atoms with Crippen LogP contribution in [-0.2, 0) is 32.3 Å². The van der Waals surface area contributed by atoms with Crippen LogP contribution in [0.1, 0.15) is 42.4 Å². The summed E-state index contributed by atoms with van der Waals surface area (Å²) in [6.07, 6.45) is 0.677. The van der Waals surface area contributed by atoms with Gasteiger partial charge in [0, 0.05) is 28.9 Å². The van der Waals surface area contributed by atoms with E-state index in [0.29, 0.717) is 61.4 Å². The predicted molar refractivity (Wildman–Crippen MR) is 195 cm³/mol. The summed E-state index contributed by atoms with van der Waals surface area (Å²) in [5.74, 6) is -1.07. The highest BCUT2D eigenvalue weighted by atomic mass is 16.6. The van der Waals surface area contributed by atoms with Crippen LogP contribution >= 0.6 is 0 Å². The van der Waals surface area contributed by atoms with Gasteiger partial charge in [0.05, 0.1) is 0 Å². The summed E-state index contributed by atoms with van der Waals surface area (Å²) in [6.45, 7) is 3.53. The van der Waals surface area contributed by atoms with Crippen molar-refractivity contribution in [3.63, 3.8) is 0 Å². The molecule has 7 N–H and O–H groups in total. The van der Waals surface area contributed by atoms with Crippen molar-refractivity contribution in [3.8, 4) is 0 Å². The Kier molecular flexibility index (Phi) is 13.3. The van der Waals surface area contributed by atoms with E-state index in [2.05, 4.69) is 26.6 Å². The molecular weight excluding hydrogens is 668 g/mol. The van der Waals surface area contributed by atoms with Gasteiger partial charge in [-0.2, -0.15) is 0 Å². The van der Waals surface area contributed by atoms with Crippen molar-refractivity contribution >= 4 is 46.3 Å². The van der Waals surface area contributed by atoms with Crippen LogP contribution in [0, 0.1) is 12.8 Å². The Morgan fingerprint density at radius 1 is 0.827 bits per heavy atom. The van der Waals surface area contributed by atoms with Crippen LogP contribution in [0.15, 0.2) is 88.1 Å². The minimum atomic E-state index is -0.916. The summed E-state index contributed by atoms with van der Waals surface area (Å²) in [6, 6.07) is 20.5. The van der Waals surface area contributed by atoms with E-state index in [-0.39, 0.29) is 25.6 Å². The lowest BCUT2D eigenvalue weighted by Gasteiger charge is -2.31. The van der Waals surface area contributed by atoms with Crippen LogP contribution in [0.25, 0.3) is 11.0 Å². The molecule has 0 bridgehead atoms. The molecule has 1 unspecified atom stereocenters. The summed E-state index contributed by atoms with van der Waals surface area (Å²) in [4.78, 5) is 64.1. The van der Waals surface area contributed by atoms with E-state index in [4.69, 9.17) is 19.6 Å². The second-order valence-corrected chi connectivity index (χ2v) is 12.6. The number of hydrogen-bond acceptors (Lipinski definition) is 10. The number of piperidine rings is 1. The average Bonchev–Trinajstić information content (AvgIpc) is 3.14. The molecule has 4 amide bonds. The number of rotatable bonds is 14. The molecule has 2 heterocycles. The van der Waals surface area contributed by atoms with Gasteiger partial charge in [0.1, 0.15) is 30.9 Å². The molecule has 5 rings (SSSR count). The number of aryl methyl sites for hydroxylation is 1. The van der Waals surface area contributed by atoms with Gasteiger partial charge in [0.2, 0.25) is 11.8 Å². The van der Waals surface area contributed by atoms with Gasteiger partial charge < -0.3 is 40.9 Å². The number of alkyl carbamates (subject to hydrolysis) is 1. The summed E-state index contributed by atoms with van der Waals surface area (Å²) in [7, 11) is 0. The van der Waals surface area contributed by atoms with Crippen LogP contribution in [0.3, 0.4) is 0 Å². The van der Waals surface area contributed by atoms with Crippen LogP contribution in [0.4, 0.5) is 21.0 Å². The van der Waals surface area contributed by atoms with Crippen LogP contribution in [0.2, 0.25) is 0 Å². The topological polar surface area (TPSA) is 203 Å². The first-order chi connectivity index (χ1) is 25.2. The van der Waals surface area contributed by atoms with Gasteiger partial charge in [-0.1, -0.05) is 42.5 Å². The minimum Gasteiger partial charge on any atom is -0.445 e. The Hall–Kier alpha value is -5.73. The molecule has 274 valence electrons. The molecule has 1 aliphatic heterocycles. The number of hydrogen-bond donors (Lipinski definition) is 6. The summed E-state index contributed by atoms with van der Waals surface area (Å²) < 4.78 is 16.0. The SMILES string of the molecule is Cc1cc(=O)oc2cc(NC(=O)OCc3ccc(NC(=O)C(CCCN)NC(=O)[C@@H](NC(=O)OCc4ccccc4)C4CCNCC4)cc3)ccc12. The molecule has 14 heteroatoms. The molecule has 2 atom stereocenters. The number of carbonyl (C=O) groups is 4. The zero-order chi connectivity index (χ0) is 36.9. The number of anilines is 2. The molecule has 3 aromatic carbocycles. The van der Waals surface area contributed by atoms with Crippen molar-refractivity contribution in [2.75, 3.05) is 30.3 Å². The van der Waals surface area contributed by atoms with Gasteiger partial charge >= 0.3 is 17.8 Å². The van der Waals surface area contributed by atoms with Crippen molar-refractivity contribution in [2.45, 2.75) is 57.9 Å². The minimum absolute atomic E-state index is 0.0458. The van der Waals surface area contributed by atoms with Crippen molar-refractivity contribution < 1.29 is 33.1 Å². The van der Waals surface area contributed by atoms with Gasteiger partial charge in [-0.3, -0.25) is 14.9 Å². The number of ether oxygens (including phenoxy) is 2. The Morgan fingerprint density at radius 3 is 2.21 bits per heavy atom. The largest absolute Gasteiger partial charge is 0.445 e. The summed E-state index contributed by atoms with van der Waals surface area (Å²) in [5, 5.41) is 15.1. The lowest BCUT2D eigenvalue weighted by atomic mass is 9.89.